The second kappa shape index (κ2) is 13.5. The van der Waals surface area contributed by atoms with E-state index in [9.17, 15) is 18.0 Å². The van der Waals surface area contributed by atoms with Gasteiger partial charge < -0.3 is 15.0 Å². The first-order chi connectivity index (χ1) is 19.6. The molecule has 10 heteroatoms. The Hall–Kier alpha value is -3.37. The summed E-state index contributed by atoms with van der Waals surface area (Å²) in [7, 11) is -2.65. The molecule has 0 aromatic heterocycles. The first-order valence-corrected chi connectivity index (χ1v) is 15.9. The molecule has 1 atom stereocenters. The average Bonchev–Trinajstić information content (AvgIpc) is 3.47. The Bertz CT molecular complexity index is 1470. The van der Waals surface area contributed by atoms with Crippen molar-refractivity contribution in [2.75, 3.05) is 18.0 Å². The van der Waals surface area contributed by atoms with Crippen LogP contribution in [0.5, 0.6) is 5.75 Å². The summed E-state index contributed by atoms with van der Waals surface area (Å²) < 4.78 is 35.2. The first-order valence-electron chi connectivity index (χ1n) is 13.7. The van der Waals surface area contributed by atoms with Gasteiger partial charge in [-0.25, -0.2) is 8.42 Å². The summed E-state index contributed by atoms with van der Waals surface area (Å²) in [5.41, 5.74) is 2.00. The smallest absolute Gasteiger partial charge is 0.264 e. The number of halogens is 1. The Kier molecular flexibility index (Phi) is 10.1. The van der Waals surface area contributed by atoms with Crippen LogP contribution in [-0.4, -0.2) is 50.9 Å². The molecule has 2 amide bonds. The minimum Gasteiger partial charge on any atom is -0.497 e. The summed E-state index contributed by atoms with van der Waals surface area (Å²) >= 11 is 3.47. The number of carbonyl (C=O) groups excluding carboxylic acids is 2. The molecule has 0 unspecified atom stereocenters. The number of hydrogen-bond acceptors (Lipinski definition) is 5. The fraction of sp³-hybridized carbons (Fsp3) is 0.355. The van der Waals surface area contributed by atoms with Crippen molar-refractivity contribution in [3.63, 3.8) is 0 Å². The van der Waals surface area contributed by atoms with Gasteiger partial charge in [0, 0.05) is 23.1 Å². The molecule has 1 saturated carbocycles. The van der Waals surface area contributed by atoms with Gasteiger partial charge in [-0.2, -0.15) is 0 Å². The van der Waals surface area contributed by atoms with E-state index >= 15 is 0 Å². The van der Waals surface area contributed by atoms with Crippen LogP contribution < -0.4 is 14.4 Å². The molecule has 1 N–H and O–H groups in total. The minimum absolute atomic E-state index is 0.0595. The molecule has 1 fully saturated rings. The molecule has 0 spiro atoms. The summed E-state index contributed by atoms with van der Waals surface area (Å²) in [6.45, 7) is 3.19. The maximum Gasteiger partial charge on any atom is 0.264 e. The van der Waals surface area contributed by atoms with Crippen LogP contribution in [0.4, 0.5) is 5.69 Å². The van der Waals surface area contributed by atoms with E-state index in [0.29, 0.717) is 5.75 Å². The molecule has 3 aromatic carbocycles. The summed E-state index contributed by atoms with van der Waals surface area (Å²) in [6, 6.07) is 19.8. The van der Waals surface area contributed by atoms with Crippen molar-refractivity contribution in [1.29, 1.82) is 0 Å². The van der Waals surface area contributed by atoms with Gasteiger partial charge in [-0.05, 0) is 68.7 Å². The monoisotopic (exact) mass is 641 g/mol. The highest BCUT2D eigenvalue weighted by atomic mass is 79.9. The maximum atomic E-state index is 14.1. The van der Waals surface area contributed by atoms with E-state index in [1.165, 1.54) is 24.1 Å². The third-order valence-electron chi connectivity index (χ3n) is 7.34. The quantitative estimate of drug-likeness (QED) is 0.301. The Morgan fingerprint density at radius 2 is 1.71 bits per heavy atom. The number of methoxy groups -OCH3 is 1. The van der Waals surface area contributed by atoms with Gasteiger partial charge in [0.1, 0.15) is 18.3 Å². The topological polar surface area (TPSA) is 96.0 Å². The van der Waals surface area contributed by atoms with Gasteiger partial charge in [-0.15, -0.1) is 0 Å². The number of hydrogen-bond donors (Lipinski definition) is 1. The van der Waals surface area contributed by atoms with Crippen molar-refractivity contribution in [2.24, 2.45) is 0 Å². The van der Waals surface area contributed by atoms with Crippen LogP contribution in [0.3, 0.4) is 0 Å². The predicted octanol–water partition coefficient (Wildman–Crippen LogP) is 5.44. The standard InChI is InChI=1S/C31H36BrN3O5S/c1-22-14-16-29(17-15-22)41(38,39)35(27-12-7-13-28(19-27)40-3)21-30(36)34(20-24-8-6-9-25(32)18-24)23(2)31(37)33-26-10-4-5-11-26/h6-9,12-19,23,26H,4-5,10-11,20-21H2,1-3H3,(H,33,37)/t23-/m1/s1. The molecule has 0 aliphatic heterocycles. The second-order valence-electron chi connectivity index (χ2n) is 10.3. The number of nitrogens with one attached hydrogen (secondary N) is 1. The summed E-state index contributed by atoms with van der Waals surface area (Å²) in [6.07, 6.45) is 3.95. The van der Waals surface area contributed by atoms with Gasteiger partial charge in [0.25, 0.3) is 10.0 Å². The lowest BCUT2D eigenvalue weighted by Gasteiger charge is -2.32. The minimum atomic E-state index is -4.15. The van der Waals surface area contributed by atoms with Crippen LogP contribution in [0.25, 0.3) is 0 Å². The lowest BCUT2D eigenvalue weighted by molar-refractivity contribution is -0.139. The molecule has 0 bridgehead atoms. The van der Waals surface area contributed by atoms with Crippen LogP contribution in [0.15, 0.2) is 82.2 Å². The second-order valence-corrected chi connectivity index (χ2v) is 13.1. The van der Waals surface area contributed by atoms with Gasteiger partial charge >= 0.3 is 0 Å². The van der Waals surface area contributed by atoms with Gasteiger partial charge in [-0.3, -0.25) is 13.9 Å². The first kappa shape index (κ1) is 30.6. The SMILES string of the molecule is COc1cccc(N(CC(=O)N(Cc2cccc(Br)c2)[C@H](C)C(=O)NC2CCCC2)S(=O)(=O)c2ccc(C)cc2)c1. The van der Waals surface area contributed by atoms with Crippen LogP contribution >= 0.6 is 15.9 Å². The number of carbonyl (C=O) groups is 2. The van der Waals surface area contributed by atoms with Crippen LogP contribution in [0.1, 0.15) is 43.7 Å². The van der Waals surface area contributed by atoms with Crippen molar-refractivity contribution in [1.82, 2.24) is 10.2 Å². The number of aryl methyl sites for hydroxylation is 1. The van der Waals surface area contributed by atoms with E-state index in [-0.39, 0.29) is 29.1 Å². The van der Waals surface area contributed by atoms with Crippen LogP contribution in [0, 0.1) is 6.92 Å². The number of sulfonamides is 1. The molecule has 0 radical (unpaired) electrons. The van der Waals surface area contributed by atoms with Gasteiger partial charge in [0.05, 0.1) is 17.7 Å². The molecule has 0 heterocycles. The lowest BCUT2D eigenvalue weighted by Crippen LogP contribution is -2.52. The fourth-order valence-corrected chi connectivity index (χ4v) is 6.79. The molecular formula is C31H36BrN3O5S. The van der Waals surface area contributed by atoms with E-state index in [1.54, 1.807) is 43.3 Å². The van der Waals surface area contributed by atoms with Crippen LogP contribution in [-0.2, 0) is 26.2 Å². The Balaban J connectivity index is 1.70. The number of anilines is 1. The summed E-state index contributed by atoms with van der Waals surface area (Å²) in [5, 5.41) is 3.08. The van der Waals surface area contributed by atoms with Crippen molar-refractivity contribution in [3.8, 4) is 5.75 Å². The highest BCUT2D eigenvalue weighted by Gasteiger charge is 2.33. The number of benzene rings is 3. The zero-order valence-corrected chi connectivity index (χ0v) is 25.9. The number of nitrogens with zero attached hydrogens (tertiary/aromatic N) is 2. The molecular weight excluding hydrogens is 606 g/mol. The highest BCUT2D eigenvalue weighted by Crippen LogP contribution is 2.28. The normalized spacial score (nSPS) is 14.3. The van der Waals surface area contributed by atoms with Crippen molar-refractivity contribution in [2.45, 2.75) is 63.1 Å². The fourth-order valence-electron chi connectivity index (χ4n) is 4.94. The lowest BCUT2D eigenvalue weighted by atomic mass is 10.1. The zero-order chi connectivity index (χ0) is 29.6. The maximum absolute atomic E-state index is 14.1. The molecule has 8 nitrogen and oxygen atoms in total. The van der Waals surface area contributed by atoms with Gasteiger partial charge in [0.15, 0.2) is 0 Å². The molecule has 1 aliphatic rings. The Morgan fingerprint density at radius 3 is 2.37 bits per heavy atom. The third kappa shape index (κ3) is 7.68. The Morgan fingerprint density at radius 1 is 1.02 bits per heavy atom. The third-order valence-corrected chi connectivity index (χ3v) is 9.62. The number of rotatable bonds is 11. The van der Waals surface area contributed by atoms with E-state index < -0.39 is 28.5 Å². The van der Waals surface area contributed by atoms with Crippen molar-refractivity contribution < 1.29 is 22.7 Å². The molecule has 0 saturated heterocycles. The predicted molar refractivity (Wildman–Crippen MR) is 163 cm³/mol. The van der Waals surface area contributed by atoms with E-state index in [1.807, 2.05) is 31.2 Å². The average molecular weight is 643 g/mol. The molecule has 3 aromatic rings. The number of ether oxygens (including phenoxy) is 1. The largest absolute Gasteiger partial charge is 0.497 e. The Labute approximate surface area is 250 Å². The zero-order valence-electron chi connectivity index (χ0n) is 23.5. The van der Waals surface area contributed by atoms with Crippen LogP contribution in [0.2, 0.25) is 0 Å². The molecule has 1 aliphatic carbocycles. The highest BCUT2D eigenvalue weighted by molar-refractivity contribution is 9.10. The molecule has 218 valence electrons. The molecule has 41 heavy (non-hydrogen) atoms. The number of amides is 2. The van der Waals surface area contributed by atoms with Gasteiger partial charge in [0.2, 0.25) is 11.8 Å². The van der Waals surface area contributed by atoms with E-state index in [4.69, 9.17) is 4.74 Å². The van der Waals surface area contributed by atoms with Gasteiger partial charge in [-0.1, -0.05) is 64.7 Å². The van der Waals surface area contributed by atoms with Crippen molar-refractivity contribution >= 4 is 43.5 Å². The summed E-state index contributed by atoms with van der Waals surface area (Å²) in [4.78, 5) is 28.9. The molecule has 4 rings (SSSR count). The van der Waals surface area contributed by atoms with E-state index in [2.05, 4.69) is 21.2 Å². The van der Waals surface area contributed by atoms with E-state index in [0.717, 1.165) is 45.6 Å². The van der Waals surface area contributed by atoms with Crippen molar-refractivity contribution in [3.05, 3.63) is 88.4 Å². The summed E-state index contributed by atoms with van der Waals surface area (Å²) in [5.74, 6) is -0.304.